The molecule has 2 aromatic rings. The van der Waals surface area contributed by atoms with Crippen molar-refractivity contribution < 1.29 is 23.5 Å². The van der Waals surface area contributed by atoms with Crippen LogP contribution in [0.3, 0.4) is 0 Å². The molecule has 0 saturated carbocycles. The van der Waals surface area contributed by atoms with Crippen molar-refractivity contribution in [2.24, 2.45) is 5.73 Å². The Morgan fingerprint density at radius 3 is 2.48 bits per heavy atom. The number of primary amides is 1. The van der Waals surface area contributed by atoms with Crippen molar-refractivity contribution in [3.8, 4) is 0 Å². The van der Waals surface area contributed by atoms with Gasteiger partial charge in [0.25, 0.3) is 5.91 Å². The standard InChI is InChI=1S/C16H16N2O5/c17-16(21)11-3-5-12(6-4-11)18-14(19)10-23-15(20)8-7-13-2-1-9-22-13/h1-6,9H,7-8,10H2,(H2,17,21)(H,18,19). The van der Waals surface area contributed by atoms with Crippen molar-refractivity contribution in [2.75, 3.05) is 11.9 Å². The van der Waals surface area contributed by atoms with Crippen LogP contribution in [0.5, 0.6) is 0 Å². The quantitative estimate of drug-likeness (QED) is 0.752. The number of amides is 2. The number of esters is 1. The van der Waals surface area contributed by atoms with E-state index in [1.54, 1.807) is 12.1 Å². The number of ether oxygens (including phenoxy) is 1. The van der Waals surface area contributed by atoms with E-state index in [1.165, 1.54) is 30.5 Å². The molecule has 0 aliphatic heterocycles. The van der Waals surface area contributed by atoms with E-state index < -0.39 is 17.8 Å². The molecule has 120 valence electrons. The molecule has 0 fully saturated rings. The van der Waals surface area contributed by atoms with Crippen LogP contribution in [0.4, 0.5) is 5.69 Å². The molecule has 23 heavy (non-hydrogen) atoms. The smallest absolute Gasteiger partial charge is 0.306 e. The third-order valence-electron chi connectivity index (χ3n) is 2.97. The van der Waals surface area contributed by atoms with Gasteiger partial charge in [0.05, 0.1) is 12.7 Å². The minimum absolute atomic E-state index is 0.133. The lowest BCUT2D eigenvalue weighted by molar-refractivity contribution is -0.147. The second-order valence-corrected chi connectivity index (χ2v) is 4.73. The summed E-state index contributed by atoms with van der Waals surface area (Å²) < 4.78 is 9.96. The number of carbonyl (C=O) groups is 3. The van der Waals surface area contributed by atoms with E-state index >= 15 is 0 Å². The molecule has 2 amide bonds. The highest BCUT2D eigenvalue weighted by Crippen LogP contribution is 2.09. The molecular weight excluding hydrogens is 300 g/mol. The third kappa shape index (κ3) is 5.31. The number of nitrogens with two attached hydrogens (primary N) is 1. The minimum atomic E-state index is -0.548. The van der Waals surface area contributed by atoms with Crippen molar-refractivity contribution >= 4 is 23.5 Å². The molecule has 0 aliphatic carbocycles. The van der Waals surface area contributed by atoms with E-state index in [4.69, 9.17) is 14.9 Å². The minimum Gasteiger partial charge on any atom is -0.469 e. The summed E-state index contributed by atoms with van der Waals surface area (Å²) in [5, 5.41) is 2.55. The first-order chi connectivity index (χ1) is 11.0. The fraction of sp³-hybridized carbons (Fsp3) is 0.188. The number of aryl methyl sites for hydroxylation is 1. The Morgan fingerprint density at radius 1 is 1.13 bits per heavy atom. The van der Waals surface area contributed by atoms with Gasteiger partial charge in [-0.15, -0.1) is 0 Å². The zero-order chi connectivity index (χ0) is 16.7. The predicted octanol–water partition coefficient (Wildman–Crippen LogP) is 1.49. The van der Waals surface area contributed by atoms with Crippen LogP contribution in [0.25, 0.3) is 0 Å². The zero-order valence-electron chi connectivity index (χ0n) is 12.3. The molecule has 0 spiro atoms. The van der Waals surface area contributed by atoms with Gasteiger partial charge in [0.2, 0.25) is 5.91 Å². The Kier molecular flexibility index (Phi) is 5.51. The number of furan rings is 1. The van der Waals surface area contributed by atoms with Crippen LogP contribution in [0.1, 0.15) is 22.5 Å². The fourth-order valence-corrected chi connectivity index (χ4v) is 1.81. The van der Waals surface area contributed by atoms with Crippen LogP contribution >= 0.6 is 0 Å². The van der Waals surface area contributed by atoms with E-state index in [9.17, 15) is 14.4 Å². The molecule has 7 heteroatoms. The van der Waals surface area contributed by atoms with E-state index in [-0.39, 0.29) is 13.0 Å². The molecule has 7 nitrogen and oxygen atoms in total. The molecule has 1 heterocycles. The van der Waals surface area contributed by atoms with E-state index in [0.29, 0.717) is 23.4 Å². The van der Waals surface area contributed by atoms with Gasteiger partial charge in [-0.05, 0) is 36.4 Å². The number of benzene rings is 1. The maximum absolute atomic E-state index is 11.7. The summed E-state index contributed by atoms with van der Waals surface area (Å²) in [5.74, 6) is -0.821. The average Bonchev–Trinajstić information content (AvgIpc) is 3.05. The molecule has 0 radical (unpaired) electrons. The summed E-state index contributed by atoms with van der Waals surface area (Å²) in [6.45, 7) is -0.380. The van der Waals surface area contributed by atoms with Crippen LogP contribution in [0, 0.1) is 0 Å². The first-order valence-corrected chi connectivity index (χ1v) is 6.92. The van der Waals surface area contributed by atoms with Crippen LogP contribution in [-0.2, 0) is 20.7 Å². The first kappa shape index (κ1) is 16.3. The summed E-state index contributed by atoms with van der Waals surface area (Å²) in [7, 11) is 0. The molecule has 0 aliphatic rings. The summed E-state index contributed by atoms with van der Waals surface area (Å²) in [5.41, 5.74) is 5.94. The van der Waals surface area contributed by atoms with Crippen LogP contribution in [0.2, 0.25) is 0 Å². The first-order valence-electron chi connectivity index (χ1n) is 6.92. The number of nitrogens with one attached hydrogen (secondary N) is 1. The number of anilines is 1. The lowest BCUT2D eigenvalue weighted by Crippen LogP contribution is -2.21. The third-order valence-corrected chi connectivity index (χ3v) is 2.97. The largest absolute Gasteiger partial charge is 0.469 e. The van der Waals surface area contributed by atoms with Gasteiger partial charge >= 0.3 is 5.97 Å². The maximum Gasteiger partial charge on any atom is 0.306 e. The number of rotatable bonds is 7. The van der Waals surface area contributed by atoms with Crippen molar-refractivity contribution in [1.82, 2.24) is 0 Å². The molecular formula is C16H16N2O5. The highest BCUT2D eigenvalue weighted by molar-refractivity contribution is 5.95. The normalized spacial score (nSPS) is 10.1. The van der Waals surface area contributed by atoms with Gasteiger partial charge in [-0.25, -0.2) is 0 Å². The lowest BCUT2D eigenvalue weighted by atomic mass is 10.2. The van der Waals surface area contributed by atoms with Gasteiger partial charge in [-0.3, -0.25) is 14.4 Å². The van der Waals surface area contributed by atoms with Crippen molar-refractivity contribution in [1.29, 1.82) is 0 Å². The molecule has 1 aromatic carbocycles. The monoisotopic (exact) mass is 316 g/mol. The molecule has 2 rings (SSSR count). The van der Waals surface area contributed by atoms with Crippen LogP contribution in [-0.4, -0.2) is 24.4 Å². The topological polar surface area (TPSA) is 112 Å². The van der Waals surface area contributed by atoms with Crippen molar-refractivity contribution in [3.05, 3.63) is 54.0 Å². The molecule has 0 atom stereocenters. The fourth-order valence-electron chi connectivity index (χ4n) is 1.81. The zero-order valence-corrected chi connectivity index (χ0v) is 12.3. The summed E-state index contributed by atoms with van der Waals surface area (Å²) in [4.78, 5) is 34.1. The highest BCUT2D eigenvalue weighted by Gasteiger charge is 2.09. The van der Waals surface area contributed by atoms with E-state index in [0.717, 1.165) is 0 Å². The number of carbonyl (C=O) groups excluding carboxylic acids is 3. The average molecular weight is 316 g/mol. The van der Waals surface area contributed by atoms with Gasteiger partial charge in [-0.1, -0.05) is 0 Å². The molecule has 1 aromatic heterocycles. The van der Waals surface area contributed by atoms with E-state index in [2.05, 4.69) is 5.32 Å². The Hall–Kier alpha value is -3.09. The second-order valence-electron chi connectivity index (χ2n) is 4.73. The van der Waals surface area contributed by atoms with Crippen molar-refractivity contribution in [2.45, 2.75) is 12.8 Å². The molecule has 0 saturated heterocycles. The maximum atomic E-state index is 11.7. The van der Waals surface area contributed by atoms with Crippen LogP contribution < -0.4 is 11.1 Å². The van der Waals surface area contributed by atoms with Gasteiger partial charge in [0, 0.05) is 17.7 Å². The summed E-state index contributed by atoms with van der Waals surface area (Å²) >= 11 is 0. The summed E-state index contributed by atoms with van der Waals surface area (Å²) in [6.07, 6.45) is 2.08. The van der Waals surface area contributed by atoms with Gasteiger partial charge in [0.15, 0.2) is 6.61 Å². The summed E-state index contributed by atoms with van der Waals surface area (Å²) in [6, 6.07) is 9.56. The number of hydrogen-bond acceptors (Lipinski definition) is 5. The Bertz CT molecular complexity index is 677. The molecule has 0 bridgehead atoms. The van der Waals surface area contributed by atoms with Gasteiger partial charge < -0.3 is 20.2 Å². The Balaban J connectivity index is 1.71. The lowest BCUT2D eigenvalue weighted by Gasteiger charge is -2.06. The number of hydrogen-bond donors (Lipinski definition) is 2. The second kappa shape index (κ2) is 7.79. The van der Waals surface area contributed by atoms with Gasteiger partial charge in [0.1, 0.15) is 5.76 Å². The highest BCUT2D eigenvalue weighted by atomic mass is 16.5. The molecule has 3 N–H and O–H groups in total. The predicted molar refractivity (Wildman–Crippen MR) is 81.6 cm³/mol. The van der Waals surface area contributed by atoms with E-state index in [1.807, 2.05) is 0 Å². The van der Waals surface area contributed by atoms with Crippen molar-refractivity contribution in [3.63, 3.8) is 0 Å². The Labute approximate surface area is 132 Å². The SMILES string of the molecule is NC(=O)c1ccc(NC(=O)COC(=O)CCc2ccco2)cc1. The Morgan fingerprint density at radius 2 is 1.87 bits per heavy atom. The molecule has 0 unspecified atom stereocenters. The van der Waals surface area contributed by atoms with Crippen LogP contribution in [0.15, 0.2) is 47.1 Å². The van der Waals surface area contributed by atoms with Gasteiger partial charge in [-0.2, -0.15) is 0 Å².